The summed E-state index contributed by atoms with van der Waals surface area (Å²) in [6.07, 6.45) is 1.51. The van der Waals surface area contributed by atoms with Crippen LogP contribution in [0.5, 0.6) is 0 Å². The van der Waals surface area contributed by atoms with Crippen LogP contribution in [-0.2, 0) is 13.1 Å². The van der Waals surface area contributed by atoms with Gasteiger partial charge in [0.05, 0.1) is 17.1 Å². The third-order valence-electron chi connectivity index (χ3n) is 4.45. The fourth-order valence-electron chi connectivity index (χ4n) is 3.10. The molecule has 0 aliphatic carbocycles. The van der Waals surface area contributed by atoms with Crippen molar-refractivity contribution in [2.24, 2.45) is 0 Å². The number of halogens is 3. The molecule has 1 N–H and O–H groups in total. The second-order valence-electron chi connectivity index (χ2n) is 6.31. The molecule has 7 nitrogen and oxygen atoms in total. The Labute approximate surface area is 179 Å². The molecule has 4 rings (SSSR count). The zero-order valence-corrected chi connectivity index (χ0v) is 17.4. The van der Waals surface area contributed by atoms with E-state index in [1.165, 1.54) is 21.4 Å². The van der Waals surface area contributed by atoms with Gasteiger partial charge in [-0.25, -0.2) is 14.8 Å². The lowest BCUT2D eigenvalue weighted by atomic mass is 10.1. The molecule has 4 aromatic rings. The third-order valence-corrected chi connectivity index (χ3v) is 5.21. The molecule has 148 valence electrons. The number of fused-ring (bicyclic) bond motifs is 1. The Morgan fingerprint density at radius 3 is 2.66 bits per heavy atom. The number of benzene rings is 1. The van der Waals surface area contributed by atoms with Crippen molar-refractivity contribution in [1.82, 2.24) is 24.1 Å². The molecule has 0 aliphatic rings. The van der Waals surface area contributed by atoms with Crippen molar-refractivity contribution in [1.29, 1.82) is 0 Å². The van der Waals surface area contributed by atoms with Crippen molar-refractivity contribution in [3.05, 3.63) is 79.3 Å². The number of H-pyrrole nitrogens is 1. The van der Waals surface area contributed by atoms with Crippen molar-refractivity contribution < 1.29 is 4.79 Å². The predicted molar refractivity (Wildman–Crippen MR) is 112 cm³/mol. The number of hydrogen-bond donors (Lipinski definition) is 1. The maximum absolute atomic E-state index is 13.0. The number of imidazole rings is 2. The monoisotopic (exact) mass is 449 g/mol. The maximum atomic E-state index is 13.0. The number of nitrogens with zero attached hydrogens (tertiary/aromatic N) is 4. The van der Waals surface area contributed by atoms with Gasteiger partial charge in [0.15, 0.2) is 5.65 Å². The number of nitrogens with one attached hydrogen (secondary N) is 1. The zero-order valence-electron chi connectivity index (χ0n) is 15.1. The van der Waals surface area contributed by atoms with Crippen LogP contribution < -0.4 is 5.69 Å². The van der Waals surface area contributed by atoms with Crippen molar-refractivity contribution in [2.45, 2.75) is 20.0 Å². The highest BCUT2D eigenvalue weighted by atomic mass is 35.5. The van der Waals surface area contributed by atoms with E-state index in [0.717, 1.165) is 0 Å². The first-order chi connectivity index (χ1) is 13.9. The van der Waals surface area contributed by atoms with E-state index < -0.39 is 0 Å². The first kappa shape index (κ1) is 19.7. The highest BCUT2D eigenvalue weighted by Gasteiger charge is 2.21. The molecule has 0 amide bonds. The maximum Gasteiger partial charge on any atom is 0.329 e. The summed E-state index contributed by atoms with van der Waals surface area (Å²) in [4.78, 5) is 37.4. The number of carbonyl (C=O) groups excluding carboxylic acids is 1. The van der Waals surface area contributed by atoms with Gasteiger partial charge >= 0.3 is 5.69 Å². The Morgan fingerprint density at radius 1 is 1.14 bits per heavy atom. The minimum Gasteiger partial charge on any atom is -0.339 e. The number of aromatic nitrogens is 5. The smallest absolute Gasteiger partial charge is 0.329 e. The van der Waals surface area contributed by atoms with E-state index in [-0.39, 0.29) is 34.3 Å². The van der Waals surface area contributed by atoms with E-state index in [9.17, 15) is 9.59 Å². The fourth-order valence-corrected chi connectivity index (χ4v) is 3.74. The standard InChI is InChI=1S/C19H14Cl3N5O2/c1-2-27-14(17(28)11-4-3-10(20)7-12(11)21)8-26(19(27)29)9-16-23-13-5-6-15(22)24-18(13)25-16/h3-8H,2,9H2,1H3,(H,23,24,25). The Morgan fingerprint density at radius 2 is 1.93 bits per heavy atom. The molecule has 10 heteroatoms. The molecule has 0 fully saturated rings. The van der Waals surface area contributed by atoms with Gasteiger partial charge in [-0.15, -0.1) is 0 Å². The molecule has 0 aliphatic heterocycles. The minimum atomic E-state index is -0.359. The second-order valence-corrected chi connectivity index (χ2v) is 7.54. The van der Waals surface area contributed by atoms with Crippen molar-refractivity contribution in [3.63, 3.8) is 0 Å². The molecule has 0 saturated heterocycles. The van der Waals surface area contributed by atoms with E-state index in [4.69, 9.17) is 34.8 Å². The SMILES string of the molecule is CCn1c(C(=O)c2ccc(Cl)cc2Cl)cn(Cc2nc3nc(Cl)ccc3[nH]2)c1=O. The first-order valence-corrected chi connectivity index (χ1v) is 9.81. The quantitative estimate of drug-likeness (QED) is 0.365. The van der Waals surface area contributed by atoms with Gasteiger partial charge in [0, 0.05) is 23.3 Å². The summed E-state index contributed by atoms with van der Waals surface area (Å²) < 4.78 is 2.81. The topological polar surface area (TPSA) is 85.6 Å². The molecule has 29 heavy (non-hydrogen) atoms. The summed E-state index contributed by atoms with van der Waals surface area (Å²) in [6, 6.07) is 8.03. The summed E-state index contributed by atoms with van der Waals surface area (Å²) in [6.45, 7) is 2.27. The van der Waals surface area contributed by atoms with E-state index in [1.807, 2.05) is 0 Å². The highest BCUT2D eigenvalue weighted by Crippen LogP contribution is 2.23. The molecule has 0 radical (unpaired) electrons. The summed E-state index contributed by atoms with van der Waals surface area (Å²) in [7, 11) is 0. The first-order valence-electron chi connectivity index (χ1n) is 8.68. The number of rotatable bonds is 5. The molecule has 0 spiro atoms. The average molecular weight is 451 g/mol. The molecule has 3 aromatic heterocycles. The third kappa shape index (κ3) is 3.69. The van der Waals surface area contributed by atoms with Crippen LogP contribution >= 0.6 is 34.8 Å². The Hall–Kier alpha value is -2.61. The summed E-state index contributed by atoms with van der Waals surface area (Å²) in [5.41, 5.74) is 1.35. The Balaban J connectivity index is 1.73. The number of carbonyl (C=O) groups is 1. The number of ketones is 1. The van der Waals surface area contributed by atoms with Gasteiger partial charge in [0.1, 0.15) is 16.7 Å². The van der Waals surface area contributed by atoms with Gasteiger partial charge in [-0.1, -0.05) is 34.8 Å². The Kier molecular flexibility index (Phi) is 5.21. The summed E-state index contributed by atoms with van der Waals surface area (Å²) >= 11 is 18.0. The summed E-state index contributed by atoms with van der Waals surface area (Å²) in [5, 5.41) is 0.985. The number of aromatic amines is 1. The number of hydrogen-bond acceptors (Lipinski definition) is 4. The zero-order chi connectivity index (χ0) is 20.7. The molecule has 0 atom stereocenters. The summed E-state index contributed by atoms with van der Waals surface area (Å²) in [5.74, 6) is 0.163. The van der Waals surface area contributed by atoms with Crippen molar-refractivity contribution >= 4 is 51.7 Å². The number of pyridine rings is 1. The molecule has 1 aromatic carbocycles. The van der Waals surface area contributed by atoms with Crippen LogP contribution in [0.25, 0.3) is 11.2 Å². The van der Waals surface area contributed by atoms with Gasteiger partial charge in [-0.2, -0.15) is 0 Å². The fraction of sp³-hybridized carbons (Fsp3) is 0.158. The lowest BCUT2D eigenvalue weighted by molar-refractivity contribution is 0.103. The lowest BCUT2D eigenvalue weighted by Crippen LogP contribution is -2.26. The Bertz CT molecular complexity index is 1310. The van der Waals surface area contributed by atoms with Gasteiger partial charge < -0.3 is 4.98 Å². The van der Waals surface area contributed by atoms with Crippen molar-refractivity contribution in [2.75, 3.05) is 0 Å². The van der Waals surface area contributed by atoms with Crippen LogP contribution in [0.4, 0.5) is 0 Å². The van der Waals surface area contributed by atoms with E-state index in [1.54, 1.807) is 31.2 Å². The van der Waals surface area contributed by atoms with E-state index >= 15 is 0 Å². The lowest BCUT2D eigenvalue weighted by Gasteiger charge is -2.05. The van der Waals surface area contributed by atoms with Crippen molar-refractivity contribution in [3.8, 4) is 0 Å². The second kappa shape index (κ2) is 7.67. The van der Waals surface area contributed by atoms with Crippen LogP contribution in [0.15, 0.2) is 41.3 Å². The van der Waals surface area contributed by atoms with Gasteiger partial charge in [-0.3, -0.25) is 13.9 Å². The largest absolute Gasteiger partial charge is 0.339 e. The minimum absolute atomic E-state index is 0.147. The molecular formula is C19H14Cl3N5O2. The molecule has 0 bridgehead atoms. The highest BCUT2D eigenvalue weighted by molar-refractivity contribution is 6.37. The van der Waals surface area contributed by atoms with E-state index in [0.29, 0.717) is 33.7 Å². The molecule has 3 heterocycles. The van der Waals surface area contributed by atoms with Gasteiger partial charge in [0.25, 0.3) is 0 Å². The van der Waals surface area contributed by atoms with Crippen LogP contribution in [0.3, 0.4) is 0 Å². The van der Waals surface area contributed by atoms with Gasteiger partial charge in [0.2, 0.25) is 5.78 Å². The predicted octanol–water partition coefficient (Wildman–Crippen LogP) is 4.18. The van der Waals surface area contributed by atoms with Crippen LogP contribution in [0.2, 0.25) is 15.2 Å². The molecule has 0 saturated carbocycles. The van der Waals surface area contributed by atoms with E-state index in [2.05, 4.69) is 15.0 Å². The molecule has 0 unspecified atom stereocenters. The normalized spacial score (nSPS) is 11.3. The van der Waals surface area contributed by atoms with Gasteiger partial charge in [-0.05, 0) is 37.3 Å². The average Bonchev–Trinajstić information content (AvgIpc) is 3.21. The van der Waals surface area contributed by atoms with Crippen LogP contribution in [0, 0.1) is 0 Å². The van der Waals surface area contributed by atoms with Crippen LogP contribution in [0.1, 0.15) is 28.8 Å². The van der Waals surface area contributed by atoms with Crippen LogP contribution in [-0.4, -0.2) is 29.9 Å². The molecular weight excluding hydrogens is 437 g/mol.